The van der Waals surface area contributed by atoms with E-state index in [-0.39, 0.29) is 11.1 Å². The number of carbonyl (C=O) groups excluding carboxylic acids is 4. The van der Waals surface area contributed by atoms with Crippen LogP contribution in [0.2, 0.25) is 0 Å². The van der Waals surface area contributed by atoms with Gasteiger partial charge in [0.15, 0.2) is 6.61 Å². The van der Waals surface area contributed by atoms with E-state index in [0.717, 1.165) is 17.8 Å². The number of esters is 1. The number of aromatic nitrogens is 2. The molecule has 0 unspecified atom stereocenters. The van der Waals surface area contributed by atoms with Crippen molar-refractivity contribution in [2.45, 2.75) is 0 Å². The molecule has 0 saturated heterocycles. The van der Waals surface area contributed by atoms with Crippen molar-refractivity contribution in [1.29, 1.82) is 0 Å². The second kappa shape index (κ2) is 7.87. The lowest BCUT2D eigenvalue weighted by Crippen LogP contribution is -2.36. The molecule has 1 aromatic heterocycles. The molecule has 0 bridgehead atoms. The van der Waals surface area contributed by atoms with Gasteiger partial charge in [0.2, 0.25) is 0 Å². The van der Waals surface area contributed by atoms with E-state index in [1.54, 1.807) is 18.2 Å². The molecule has 156 valence electrons. The summed E-state index contributed by atoms with van der Waals surface area (Å²) in [5, 5.41) is 13.7. The number of anilines is 1. The number of amides is 3. The lowest BCUT2D eigenvalue weighted by molar-refractivity contribution is -0.385. The summed E-state index contributed by atoms with van der Waals surface area (Å²) in [7, 11) is 0. The summed E-state index contributed by atoms with van der Waals surface area (Å²) in [4.78, 5) is 59.9. The van der Waals surface area contributed by atoms with Gasteiger partial charge in [0, 0.05) is 6.07 Å². The van der Waals surface area contributed by atoms with Gasteiger partial charge in [-0.3, -0.25) is 34.2 Å². The Balaban J connectivity index is 1.38. The fourth-order valence-electron chi connectivity index (χ4n) is 3.03. The normalized spacial score (nSPS) is 12.7. The molecule has 0 radical (unpaired) electrons. The zero-order chi connectivity index (χ0) is 22.1. The molecule has 2 heterocycles. The molecule has 1 aliphatic rings. The van der Waals surface area contributed by atoms with Crippen LogP contribution in [0.5, 0.6) is 0 Å². The maximum absolute atomic E-state index is 12.4. The molecular formula is C18H11N5O7S. The van der Waals surface area contributed by atoms with Gasteiger partial charge in [0.1, 0.15) is 23.1 Å². The van der Waals surface area contributed by atoms with Crippen molar-refractivity contribution in [1.82, 2.24) is 13.6 Å². The van der Waals surface area contributed by atoms with Crippen molar-refractivity contribution in [3.05, 3.63) is 57.6 Å². The van der Waals surface area contributed by atoms with Crippen LogP contribution in [0.3, 0.4) is 0 Å². The molecule has 4 rings (SSSR count). The number of benzene rings is 2. The number of imide groups is 1. The van der Waals surface area contributed by atoms with E-state index in [2.05, 4.69) is 14.1 Å². The van der Waals surface area contributed by atoms with Crippen molar-refractivity contribution < 1.29 is 28.8 Å². The Kier molecular flexibility index (Phi) is 5.09. The maximum atomic E-state index is 12.4. The van der Waals surface area contributed by atoms with Crippen LogP contribution in [-0.4, -0.2) is 55.4 Å². The van der Waals surface area contributed by atoms with Crippen LogP contribution in [0.15, 0.2) is 36.4 Å². The summed E-state index contributed by atoms with van der Waals surface area (Å²) in [6.45, 7) is -1.46. The number of nitro benzene ring substituents is 1. The van der Waals surface area contributed by atoms with E-state index in [1.807, 2.05) is 0 Å². The molecule has 13 heteroatoms. The number of fused-ring (bicyclic) bond motifs is 2. The molecule has 3 amide bonds. The lowest BCUT2D eigenvalue weighted by Gasteiger charge is -2.13. The van der Waals surface area contributed by atoms with E-state index in [4.69, 9.17) is 4.74 Å². The van der Waals surface area contributed by atoms with Crippen molar-refractivity contribution in [3.63, 3.8) is 0 Å². The minimum atomic E-state index is -1.03. The van der Waals surface area contributed by atoms with Crippen LogP contribution in [0.4, 0.5) is 11.4 Å². The number of rotatable bonds is 6. The first kappa shape index (κ1) is 20.0. The van der Waals surface area contributed by atoms with Gasteiger partial charge in [-0.15, -0.1) is 0 Å². The van der Waals surface area contributed by atoms with E-state index in [9.17, 15) is 29.3 Å². The summed E-state index contributed by atoms with van der Waals surface area (Å²) in [6.07, 6.45) is 0. The predicted octanol–water partition coefficient (Wildman–Crippen LogP) is 1.38. The molecule has 0 atom stereocenters. The highest BCUT2D eigenvalue weighted by Crippen LogP contribution is 2.30. The Hall–Kier alpha value is -4.26. The number of ether oxygens (including phenoxy) is 1. The molecule has 1 aliphatic heterocycles. The van der Waals surface area contributed by atoms with Crippen LogP contribution in [0.25, 0.3) is 11.0 Å². The quantitative estimate of drug-likeness (QED) is 0.258. The van der Waals surface area contributed by atoms with Crippen molar-refractivity contribution in [2.24, 2.45) is 0 Å². The van der Waals surface area contributed by atoms with Crippen LogP contribution in [0, 0.1) is 10.1 Å². The van der Waals surface area contributed by atoms with Gasteiger partial charge in [0.05, 0.1) is 27.9 Å². The first-order chi connectivity index (χ1) is 14.9. The van der Waals surface area contributed by atoms with E-state index in [0.29, 0.717) is 21.6 Å². The predicted molar refractivity (Wildman–Crippen MR) is 105 cm³/mol. The topological polar surface area (TPSA) is 162 Å². The van der Waals surface area contributed by atoms with E-state index >= 15 is 0 Å². The first-order valence-electron chi connectivity index (χ1n) is 8.67. The molecule has 0 fully saturated rings. The molecule has 0 aliphatic carbocycles. The minimum Gasteiger partial charge on any atom is -0.454 e. The highest BCUT2D eigenvalue weighted by molar-refractivity contribution is 7.00. The molecular weight excluding hydrogens is 430 g/mol. The zero-order valence-corrected chi connectivity index (χ0v) is 16.2. The summed E-state index contributed by atoms with van der Waals surface area (Å²) in [5.41, 5.74) is 0.388. The highest BCUT2D eigenvalue weighted by atomic mass is 32.1. The average molecular weight is 441 g/mol. The van der Waals surface area contributed by atoms with Crippen molar-refractivity contribution in [2.75, 3.05) is 18.5 Å². The number of hydrogen-bond acceptors (Lipinski definition) is 10. The fourth-order valence-corrected chi connectivity index (χ4v) is 3.58. The van der Waals surface area contributed by atoms with Gasteiger partial charge in [-0.1, -0.05) is 12.1 Å². The van der Waals surface area contributed by atoms with Crippen LogP contribution < -0.4 is 5.32 Å². The van der Waals surface area contributed by atoms with Crippen LogP contribution >= 0.6 is 11.7 Å². The number of nitrogens with zero attached hydrogens (tertiary/aromatic N) is 4. The van der Waals surface area contributed by atoms with Gasteiger partial charge >= 0.3 is 5.97 Å². The molecule has 2 aromatic carbocycles. The average Bonchev–Trinajstić information content (AvgIpc) is 3.32. The molecule has 0 spiro atoms. The molecule has 0 saturated carbocycles. The van der Waals surface area contributed by atoms with Crippen LogP contribution in [-0.2, 0) is 14.3 Å². The van der Waals surface area contributed by atoms with Gasteiger partial charge in [-0.25, -0.2) is 0 Å². The Morgan fingerprint density at radius 3 is 2.68 bits per heavy atom. The van der Waals surface area contributed by atoms with E-state index < -0.39 is 47.5 Å². The highest BCUT2D eigenvalue weighted by Gasteiger charge is 2.41. The third-order valence-corrected chi connectivity index (χ3v) is 4.93. The van der Waals surface area contributed by atoms with Crippen molar-refractivity contribution in [3.8, 4) is 0 Å². The fraction of sp³-hybridized carbons (Fsp3) is 0.111. The summed E-state index contributed by atoms with van der Waals surface area (Å²) < 4.78 is 13.0. The number of carbonyl (C=O) groups is 4. The molecule has 1 N–H and O–H groups in total. The van der Waals surface area contributed by atoms with Gasteiger partial charge in [-0.05, 0) is 18.2 Å². The van der Waals surface area contributed by atoms with Gasteiger partial charge < -0.3 is 10.1 Å². The van der Waals surface area contributed by atoms with E-state index in [1.165, 1.54) is 12.1 Å². The lowest BCUT2D eigenvalue weighted by atomic mass is 10.1. The second-order valence-corrected chi connectivity index (χ2v) is 6.83. The minimum absolute atomic E-state index is 0.172. The smallest absolute Gasteiger partial charge is 0.326 e. The largest absolute Gasteiger partial charge is 0.454 e. The molecule has 31 heavy (non-hydrogen) atoms. The number of nitrogens with one attached hydrogen (secondary N) is 1. The monoisotopic (exact) mass is 441 g/mol. The molecule has 3 aromatic rings. The Labute approximate surface area is 176 Å². The first-order valence-corrected chi connectivity index (χ1v) is 9.40. The van der Waals surface area contributed by atoms with Gasteiger partial charge in [0.25, 0.3) is 23.4 Å². The maximum Gasteiger partial charge on any atom is 0.326 e. The van der Waals surface area contributed by atoms with Crippen LogP contribution in [0.1, 0.15) is 20.7 Å². The Bertz CT molecular complexity index is 1270. The third-order valence-electron chi connectivity index (χ3n) is 4.39. The SMILES string of the molecule is O=C(COC(=O)CN1C(=O)c2cccc([N+](=O)[O-])c2C1=O)Nc1cccc2nsnc12. The summed E-state index contributed by atoms with van der Waals surface area (Å²) >= 11 is 0.980. The number of nitro groups is 1. The molecule has 12 nitrogen and oxygen atoms in total. The Morgan fingerprint density at radius 2 is 1.90 bits per heavy atom. The summed E-state index contributed by atoms with van der Waals surface area (Å²) in [6, 6.07) is 8.62. The number of hydrogen-bond donors (Lipinski definition) is 1. The zero-order valence-electron chi connectivity index (χ0n) is 15.4. The Morgan fingerprint density at radius 1 is 1.13 bits per heavy atom. The van der Waals surface area contributed by atoms with Crippen molar-refractivity contribution >= 4 is 57.8 Å². The third kappa shape index (κ3) is 3.69. The standard InChI is InChI=1S/C18H11N5O7S/c24-13(19-10-4-2-5-11-16(10)21-31-20-11)8-30-14(25)7-22-17(26)9-3-1-6-12(23(28)29)15(9)18(22)27/h1-6H,7-8H2,(H,19,24). The van der Waals surface area contributed by atoms with Gasteiger partial charge in [-0.2, -0.15) is 8.75 Å². The summed E-state index contributed by atoms with van der Waals surface area (Å²) in [5.74, 6) is -3.52. The second-order valence-electron chi connectivity index (χ2n) is 6.30.